The second-order valence-corrected chi connectivity index (χ2v) is 3.28. The van der Waals surface area contributed by atoms with E-state index in [0.29, 0.717) is 5.75 Å². The van der Waals surface area contributed by atoms with E-state index in [-0.39, 0.29) is 0 Å². The number of rotatable bonds is 7. The quantitative estimate of drug-likeness (QED) is 0.343. The maximum absolute atomic E-state index is 10.2. The fourth-order valence-corrected chi connectivity index (χ4v) is 1.13. The Kier molecular flexibility index (Phi) is 7.78. The Labute approximate surface area is 70.2 Å². The SMILES string of the molecule is C=CCNCCCCS(=O)O. The molecule has 0 saturated carbocycles. The Hall–Kier alpha value is -0.190. The molecular weight excluding hydrogens is 162 g/mol. The first-order valence-corrected chi connectivity index (χ1v) is 4.94. The van der Waals surface area contributed by atoms with Gasteiger partial charge in [0.25, 0.3) is 0 Å². The minimum Gasteiger partial charge on any atom is -0.313 e. The van der Waals surface area contributed by atoms with Crippen LogP contribution in [-0.4, -0.2) is 27.6 Å². The Balaban J connectivity index is 2.90. The number of hydrogen-bond donors (Lipinski definition) is 2. The van der Waals surface area contributed by atoms with Gasteiger partial charge in [0, 0.05) is 12.3 Å². The van der Waals surface area contributed by atoms with Crippen LogP contribution in [0.1, 0.15) is 12.8 Å². The standard InChI is InChI=1S/C7H15NO2S/c1-2-5-8-6-3-4-7-11(9)10/h2,8H,1,3-7H2,(H,9,10). The average Bonchev–Trinajstić information content (AvgIpc) is 1.96. The van der Waals surface area contributed by atoms with Gasteiger partial charge in [0.15, 0.2) is 11.1 Å². The second-order valence-electron chi connectivity index (χ2n) is 2.23. The van der Waals surface area contributed by atoms with Crippen LogP contribution >= 0.6 is 0 Å². The van der Waals surface area contributed by atoms with Crippen LogP contribution in [0.2, 0.25) is 0 Å². The van der Waals surface area contributed by atoms with Gasteiger partial charge in [0.1, 0.15) is 0 Å². The Morgan fingerprint density at radius 1 is 1.55 bits per heavy atom. The molecule has 0 aromatic carbocycles. The van der Waals surface area contributed by atoms with Gasteiger partial charge >= 0.3 is 0 Å². The summed E-state index contributed by atoms with van der Waals surface area (Å²) in [5.41, 5.74) is 0. The van der Waals surface area contributed by atoms with Gasteiger partial charge in [-0.05, 0) is 19.4 Å². The molecule has 0 aromatic heterocycles. The zero-order valence-corrected chi connectivity index (χ0v) is 7.40. The van der Waals surface area contributed by atoms with E-state index in [9.17, 15) is 4.21 Å². The molecular formula is C7H15NO2S. The van der Waals surface area contributed by atoms with Gasteiger partial charge in [-0.1, -0.05) is 6.08 Å². The van der Waals surface area contributed by atoms with Crippen LogP contribution in [0.5, 0.6) is 0 Å². The minimum absolute atomic E-state index is 0.385. The topological polar surface area (TPSA) is 49.3 Å². The molecule has 0 fully saturated rings. The molecule has 1 unspecified atom stereocenters. The predicted octanol–water partition coefficient (Wildman–Crippen LogP) is 0.764. The molecule has 0 amide bonds. The van der Waals surface area contributed by atoms with Crippen LogP contribution in [0.15, 0.2) is 12.7 Å². The maximum atomic E-state index is 10.2. The molecule has 66 valence electrons. The summed E-state index contributed by atoms with van der Waals surface area (Å²) >= 11 is -1.62. The highest BCUT2D eigenvalue weighted by atomic mass is 32.2. The van der Waals surface area contributed by atoms with Crippen LogP contribution in [0.3, 0.4) is 0 Å². The predicted molar refractivity (Wildman–Crippen MR) is 47.9 cm³/mol. The van der Waals surface area contributed by atoms with Crippen LogP contribution in [0.25, 0.3) is 0 Å². The zero-order valence-electron chi connectivity index (χ0n) is 6.58. The van der Waals surface area contributed by atoms with Crippen molar-refractivity contribution in [2.45, 2.75) is 12.8 Å². The average molecular weight is 177 g/mol. The number of unbranched alkanes of at least 4 members (excludes halogenated alkanes) is 1. The van der Waals surface area contributed by atoms with Crippen molar-refractivity contribution in [2.75, 3.05) is 18.8 Å². The lowest BCUT2D eigenvalue weighted by Crippen LogP contribution is -2.15. The summed E-state index contributed by atoms with van der Waals surface area (Å²) in [5, 5.41) is 3.11. The smallest absolute Gasteiger partial charge is 0.152 e. The Bertz CT molecular complexity index is 128. The Morgan fingerprint density at radius 2 is 2.27 bits per heavy atom. The molecule has 0 radical (unpaired) electrons. The van der Waals surface area contributed by atoms with Crippen molar-refractivity contribution in [1.82, 2.24) is 5.32 Å². The van der Waals surface area contributed by atoms with Crippen LogP contribution in [0.4, 0.5) is 0 Å². The van der Waals surface area contributed by atoms with Gasteiger partial charge in [-0.15, -0.1) is 6.58 Å². The molecule has 11 heavy (non-hydrogen) atoms. The van der Waals surface area contributed by atoms with E-state index in [1.54, 1.807) is 6.08 Å². The summed E-state index contributed by atoms with van der Waals surface area (Å²) in [5.74, 6) is 0.385. The molecule has 0 bridgehead atoms. The van der Waals surface area contributed by atoms with E-state index < -0.39 is 11.1 Å². The summed E-state index contributed by atoms with van der Waals surface area (Å²) in [6.45, 7) is 5.26. The molecule has 0 aromatic rings. The molecule has 0 aliphatic rings. The molecule has 3 nitrogen and oxygen atoms in total. The summed E-state index contributed by atoms with van der Waals surface area (Å²) in [6.07, 6.45) is 3.54. The highest BCUT2D eigenvalue weighted by Gasteiger charge is 1.92. The first kappa shape index (κ1) is 10.8. The van der Waals surface area contributed by atoms with E-state index in [1.807, 2.05) is 0 Å². The van der Waals surface area contributed by atoms with Crippen molar-refractivity contribution < 1.29 is 8.76 Å². The summed E-state index contributed by atoms with van der Waals surface area (Å²) in [7, 11) is 0. The van der Waals surface area contributed by atoms with E-state index in [0.717, 1.165) is 25.9 Å². The van der Waals surface area contributed by atoms with Crippen molar-refractivity contribution in [1.29, 1.82) is 0 Å². The molecule has 0 spiro atoms. The third-order valence-corrected chi connectivity index (χ3v) is 1.85. The minimum atomic E-state index is -1.62. The van der Waals surface area contributed by atoms with E-state index in [1.165, 1.54) is 0 Å². The molecule has 1 atom stereocenters. The van der Waals surface area contributed by atoms with Crippen molar-refractivity contribution in [3.05, 3.63) is 12.7 Å². The first-order valence-electron chi connectivity index (χ1n) is 3.66. The van der Waals surface area contributed by atoms with Crippen molar-refractivity contribution in [2.24, 2.45) is 0 Å². The molecule has 2 N–H and O–H groups in total. The van der Waals surface area contributed by atoms with E-state index in [4.69, 9.17) is 4.55 Å². The lowest BCUT2D eigenvalue weighted by atomic mass is 10.3. The highest BCUT2D eigenvalue weighted by Crippen LogP contribution is 1.88. The Morgan fingerprint density at radius 3 is 2.82 bits per heavy atom. The van der Waals surface area contributed by atoms with Crippen molar-refractivity contribution in [3.63, 3.8) is 0 Å². The van der Waals surface area contributed by atoms with E-state index in [2.05, 4.69) is 11.9 Å². The second kappa shape index (κ2) is 7.91. The fraction of sp³-hybridized carbons (Fsp3) is 0.714. The van der Waals surface area contributed by atoms with Crippen LogP contribution in [-0.2, 0) is 11.1 Å². The lowest BCUT2D eigenvalue weighted by molar-refractivity contribution is 0.558. The summed E-state index contributed by atoms with van der Waals surface area (Å²) in [6, 6.07) is 0. The molecule has 0 saturated heterocycles. The van der Waals surface area contributed by atoms with Gasteiger partial charge in [0.2, 0.25) is 0 Å². The van der Waals surface area contributed by atoms with Crippen LogP contribution < -0.4 is 5.32 Å². The monoisotopic (exact) mass is 177 g/mol. The molecule has 0 rings (SSSR count). The largest absolute Gasteiger partial charge is 0.313 e. The fourth-order valence-electron chi connectivity index (χ4n) is 0.680. The van der Waals surface area contributed by atoms with Crippen molar-refractivity contribution in [3.8, 4) is 0 Å². The summed E-state index contributed by atoms with van der Waals surface area (Å²) in [4.78, 5) is 0. The number of nitrogens with one attached hydrogen (secondary N) is 1. The van der Waals surface area contributed by atoms with E-state index >= 15 is 0 Å². The third-order valence-electron chi connectivity index (χ3n) is 1.21. The first-order chi connectivity index (χ1) is 5.27. The molecule has 0 aliphatic heterocycles. The summed E-state index contributed by atoms with van der Waals surface area (Å²) < 4.78 is 18.6. The normalized spacial score (nSPS) is 12.8. The molecule has 4 heteroatoms. The van der Waals surface area contributed by atoms with Gasteiger partial charge in [-0.2, -0.15) is 0 Å². The van der Waals surface area contributed by atoms with Gasteiger partial charge in [0.05, 0.1) is 0 Å². The lowest BCUT2D eigenvalue weighted by Gasteiger charge is -1.99. The third kappa shape index (κ3) is 9.81. The maximum Gasteiger partial charge on any atom is 0.152 e. The highest BCUT2D eigenvalue weighted by molar-refractivity contribution is 7.79. The van der Waals surface area contributed by atoms with Crippen molar-refractivity contribution >= 4 is 11.1 Å². The molecule has 0 aliphatic carbocycles. The van der Waals surface area contributed by atoms with Gasteiger partial charge < -0.3 is 9.87 Å². The van der Waals surface area contributed by atoms with Gasteiger partial charge in [-0.3, -0.25) is 0 Å². The molecule has 0 heterocycles. The zero-order chi connectivity index (χ0) is 8.53. The van der Waals surface area contributed by atoms with Gasteiger partial charge in [-0.25, -0.2) is 4.21 Å². The van der Waals surface area contributed by atoms with Crippen LogP contribution in [0, 0.1) is 0 Å². The number of hydrogen-bond acceptors (Lipinski definition) is 2.